The summed E-state index contributed by atoms with van der Waals surface area (Å²) >= 11 is 1.61. The molecule has 0 radical (unpaired) electrons. The Morgan fingerprint density at radius 3 is 2.54 bits per heavy atom. The summed E-state index contributed by atoms with van der Waals surface area (Å²) in [5.74, 6) is 1.64. The summed E-state index contributed by atoms with van der Waals surface area (Å²) in [6.45, 7) is 9.98. The highest BCUT2D eigenvalue weighted by Gasteiger charge is 2.23. The number of aromatic nitrogens is 3. The molecule has 1 aliphatic rings. The van der Waals surface area contributed by atoms with E-state index in [-0.39, 0.29) is 5.91 Å². The number of nitrogens with zero attached hydrogens (tertiary/aromatic N) is 5. The third kappa shape index (κ3) is 4.74. The molecule has 152 valence electrons. The maximum atomic E-state index is 13.1. The molecule has 1 saturated heterocycles. The fourth-order valence-corrected chi connectivity index (χ4v) is 4.44. The molecule has 1 fully saturated rings. The summed E-state index contributed by atoms with van der Waals surface area (Å²) in [6, 6.07) is 7.90. The van der Waals surface area contributed by atoms with Gasteiger partial charge in [0.2, 0.25) is 0 Å². The van der Waals surface area contributed by atoms with E-state index in [1.165, 1.54) is 0 Å². The predicted octanol–water partition coefficient (Wildman–Crippen LogP) is 2.51. The summed E-state index contributed by atoms with van der Waals surface area (Å²) in [7, 11) is 1.66. The number of amides is 1. The Balaban J connectivity index is 1.70. The van der Waals surface area contributed by atoms with Crippen molar-refractivity contribution in [2.45, 2.75) is 37.9 Å². The molecule has 1 aromatic carbocycles. The van der Waals surface area contributed by atoms with Crippen molar-refractivity contribution in [2.75, 3.05) is 39.8 Å². The van der Waals surface area contributed by atoms with Crippen LogP contribution >= 0.6 is 11.8 Å². The lowest BCUT2D eigenvalue weighted by molar-refractivity contribution is 0.0642. The highest BCUT2D eigenvalue weighted by Crippen LogP contribution is 2.25. The van der Waals surface area contributed by atoms with Crippen molar-refractivity contribution in [3.8, 4) is 0 Å². The summed E-state index contributed by atoms with van der Waals surface area (Å²) in [5, 5.41) is 9.38. The number of hydrogen-bond acceptors (Lipinski definition) is 6. The van der Waals surface area contributed by atoms with E-state index in [1.54, 1.807) is 18.9 Å². The van der Waals surface area contributed by atoms with Crippen LogP contribution in [-0.2, 0) is 23.6 Å². The molecule has 3 rings (SSSR count). The number of thioether (sulfide) groups is 1. The molecular formula is C20H29N5O2S. The molecule has 1 aliphatic heterocycles. The first-order chi connectivity index (χ1) is 13.7. The molecule has 0 aliphatic carbocycles. The topological polar surface area (TPSA) is 63.5 Å². The second kappa shape index (κ2) is 10.0. The molecule has 0 bridgehead atoms. The number of carbonyl (C=O) groups is 1. The van der Waals surface area contributed by atoms with Crippen molar-refractivity contribution >= 4 is 17.7 Å². The summed E-state index contributed by atoms with van der Waals surface area (Å²) in [5.41, 5.74) is 1.83. The number of carbonyl (C=O) groups excluding carboxylic acids is 1. The van der Waals surface area contributed by atoms with Crippen molar-refractivity contribution in [3.63, 3.8) is 0 Å². The number of likely N-dealkylation sites (N-methyl/N-ethyl adjacent to an activating group) is 1. The van der Waals surface area contributed by atoms with Crippen LogP contribution in [0, 0.1) is 0 Å². The summed E-state index contributed by atoms with van der Waals surface area (Å²) < 4.78 is 7.25. The Morgan fingerprint density at radius 1 is 1.11 bits per heavy atom. The van der Waals surface area contributed by atoms with E-state index in [9.17, 15) is 4.79 Å². The number of rotatable bonds is 8. The van der Waals surface area contributed by atoms with Gasteiger partial charge in [-0.3, -0.25) is 4.79 Å². The van der Waals surface area contributed by atoms with Gasteiger partial charge in [-0.25, -0.2) is 0 Å². The van der Waals surface area contributed by atoms with Gasteiger partial charge in [-0.05, 0) is 25.1 Å². The van der Waals surface area contributed by atoms with Gasteiger partial charge < -0.3 is 19.1 Å². The molecule has 0 N–H and O–H groups in total. The largest absolute Gasteiger partial charge is 0.377 e. The van der Waals surface area contributed by atoms with Crippen LogP contribution < -0.4 is 0 Å². The minimum atomic E-state index is 0.129. The van der Waals surface area contributed by atoms with Gasteiger partial charge in [0.25, 0.3) is 5.91 Å². The Bertz CT molecular complexity index is 787. The van der Waals surface area contributed by atoms with Crippen molar-refractivity contribution < 1.29 is 9.53 Å². The normalized spacial score (nSPS) is 15.2. The highest BCUT2D eigenvalue weighted by atomic mass is 32.2. The van der Waals surface area contributed by atoms with Gasteiger partial charge in [-0.15, -0.1) is 10.2 Å². The first-order valence-electron chi connectivity index (χ1n) is 9.81. The first kappa shape index (κ1) is 20.8. The van der Waals surface area contributed by atoms with E-state index in [4.69, 9.17) is 4.74 Å². The standard InChI is InChI=1S/C20H29N5O2S/c1-4-23-10-12-24(13-11-23)19(26)17-9-7-6-8-16(17)15-28-20-22-21-18(14-27-3)25(20)5-2/h6-9H,4-5,10-15H2,1-3H3. The minimum absolute atomic E-state index is 0.129. The van der Waals surface area contributed by atoms with Gasteiger partial charge in [-0.2, -0.15) is 0 Å². The second-order valence-electron chi connectivity index (χ2n) is 6.75. The third-order valence-electron chi connectivity index (χ3n) is 5.09. The van der Waals surface area contributed by atoms with Crippen LogP contribution in [0.1, 0.15) is 35.6 Å². The first-order valence-corrected chi connectivity index (χ1v) is 10.8. The van der Waals surface area contributed by atoms with Crippen LogP contribution in [0.2, 0.25) is 0 Å². The van der Waals surface area contributed by atoms with Crippen molar-refractivity contribution in [2.24, 2.45) is 0 Å². The zero-order valence-corrected chi connectivity index (χ0v) is 17.7. The Kier molecular flexibility index (Phi) is 7.47. The van der Waals surface area contributed by atoms with Gasteiger partial charge in [0.1, 0.15) is 6.61 Å². The SMILES string of the molecule is CCN1CCN(C(=O)c2ccccc2CSc2nnc(COC)n2CC)CC1. The van der Waals surface area contributed by atoms with Crippen LogP contribution in [0.4, 0.5) is 0 Å². The molecule has 0 spiro atoms. The number of ether oxygens (including phenoxy) is 1. The molecule has 0 saturated carbocycles. The van der Waals surface area contributed by atoms with Crippen LogP contribution in [0.5, 0.6) is 0 Å². The van der Waals surface area contributed by atoms with E-state index in [1.807, 2.05) is 29.2 Å². The number of benzene rings is 1. The molecule has 28 heavy (non-hydrogen) atoms. The molecule has 1 aromatic heterocycles. The third-order valence-corrected chi connectivity index (χ3v) is 6.11. The van der Waals surface area contributed by atoms with Gasteiger partial charge in [0.15, 0.2) is 11.0 Å². The zero-order valence-electron chi connectivity index (χ0n) is 16.9. The molecule has 2 heterocycles. The number of hydrogen-bond donors (Lipinski definition) is 0. The predicted molar refractivity (Wildman–Crippen MR) is 110 cm³/mol. The molecule has 1 amide bonds. The summed E-state index contributed by atoms with van der Waals surface area (Å²) in [4.78, 5) is 17.4. The van der Waals surface area contributed by atoms with Gasteiger partial charge in [-0.1, -0.05) is 36.9 Å². The Morgan fingerprint density at radius 2 is 1.86 bits per heavy atom. The fraction of sp³-hybridized carbons (Fsp3) is 0.550. The maximum Gasteiger partial charge on any atom is 0.254 e. The highest BCUT2D eigenvalue weighted by molar-refractivity contribution is 7.98. The van der Waals surface area contributed by atoms with E-state index in [0.717, 1.165) is 61.4 Å². The van der Waals surface area contributed by atoms with Crippen LogP contribution in [-0.4, -0.2) is 70.3 Å². The van der Waals surface area contributed by atoms with Crippen LogP contribution in [0.15, 0.2) is 29.4 Å². The van der Waals surface area contributed by atoms with Crippen molar-refractivity contribution in [3.05, 3.63) is 41.2 Å². The van der Waals surface area contributed by atoms with E-state index in [0.29, 0.717) is 12.4 Å². The summed E-state index contributed by atoms with van der Waals surface area (Å²) in [6.07, 6.45) is 0. The zero-order chi connectivity index (χ0) is 19.9. The van der Waals surface area contributed by atoms with Gasteiger partial charge in [0.05, 0.1) is 0 Å². The van der Waals surface area contributed by atoms with Crippen LogP contribution in [0.3, 0.4) is 0 Å². The maximum absolute atomic E-state index is 13.1. The van der Waals surface area contributed by atoms with Crippen molar-refractivity contribution in [1.82, 2.24) is 24.6 Å². The number of piperazine rings is 1. The average Bonchev–Trinajstić information content (AvgIpc) is 3.14. The lowest BCUT2D eigenvalue weighted by Gasteiger charge is -2.34. The fourth-order valence-electron chi connectivity index (χ4n) is 3.41. The molecule has 7 nitrogen and oxygen atoms in total. The smallest absolute Gasteiger partial charge is 0.254 e. The van der Waals surface area contributed by atoms with Crippen molar-refractivity contribution in [1.29, 1.82) is 0 Å². The van der Waals surface area contributed by atoms with E-state index < -0.39 is 0 Å². The minimum Gasteiger partial charge on any atom is -0.377 e. The lowest BCUT2D eigenvalue weighted by Crippen LogP contribution is -2.48. The second-order valence-corrected chi connectivity index (χ2v) is 7.69. The van der Waals surface area contributed by atoms with E-state index in [2.05, 4.69) is 33.5 Å². The Labute approximate surface area is 171 Å². The van der Waals surface area contributed by atoms with Crippen LogP contribution in [0.25, 0.3) is 0 Å². The lowest BCUT2D eigenvalue weighted by atomic mass is 10.1. The van der Waals surface area contributed by atoms with E-state index >= 15 is 0 Å². The van der Waals surface area contributed by atoms with Gasteiger partial charge in [0, 0.05) is 51.1 Å². The average molecular weight is 404 g/mol. The number of methoxy groups -OCH3 is 1. The van der Waals surface area contributed by atoms with Gasteiger partial charge >= 0.3 is 0 Å². The molecule has 0 atom stereocenters. The molecule has 0 unspecified atom stereocenters. The Hall–Kier alpha value is -1.90. The monoisotopic (exact) mass is 403 g/mol. The molecular weight excluding hydrogens is 374 g/mol. The molecule has 2 aromatic rings. The molecule has 8 heteroatoms. The quantitative estimate of drug-likeness (QED) is 0.631.